The van der Waals surface area contributed by atoms with Gasteiger partial charge >= 0.3 is 0 Å². The standard InChI is InChI=1S/C15H19N5O/c1-16-15(20-11-13-5-3-4-8-17-13)19-10-12-6-7-14(21-2)18-9-12/h3-9H,10-11H2,1-2H3,(H2,16,19,20). The molecule has 0 aliphatic heterocycles. The van der Waals surface area contributed by atoms with Crippen LogP contribution in [0.25, 0.3) is 0 Å². The van der Waals surface area contributed by atoms with E-state index in [9.17, 15) is 0 Å². The van der Waals surface area contributed by atoms with Gasteiger partial charge in [0.05, 0.1) is 19.3 Å². The van der Waals surface area contributed by atoms with E-state index in [1.54, 1.807) is 26.6 Å². The minimum Gasteiger partial charge on any atom is -0.481 e. The van der Waals surface area contributed by atoms with E-state index >= 15 is 0 Å². The van der Waals surface area contributed by atoms with Gasteiger partial charge in [-0.2, -0.15) is 0 Å². The Hall–Kier alpha value is -2.63. The second-order valence-electron chi connectivity index (χ2n) is 4.31. The van der Waals surface area contributed by atoms with Crippen molar-refractivity contribution < 1.29 is 4.74 Å². The van der Waals surface area contributed by atoms with Gasteiger partial charge in [0.2, 0.25) is 5.88 Å². The Balaban J connectivity index is 1.82. The van der Waals surface area contributed by atoms with Gasteiger partial charge in [-0.15, -0.1) is 0 Å². The lowest BCUT2D eigenvalue weighted by molar-refractivity contribution is 0.397. The number of pyridine rings is 2. The molecule has 0 saturated heterocycles. The first kappa shape index (κ1) is 14.8. The van der Waals surface area contributed by atoms with Crippen LogP contribution >= 0.6 is 0 Å². The molecule has 0 radical (unpaired) electrons. The summed E-state index contributed by atoms with van der Waals surface area (Å²) in [6.45, 7) is 1.26. The van der Waals surface area contributed by atoms with Gasteiger partial charge in [0.15, 0.2) is 5.96 Å². The molecule has 0 unspecified atom stereocenters. The van der Waals surface area contributed by atoms with Gasteiger partial charge in [-0.3, -0.25) is 9.98 Å². The van der Waals surface area contributed by atoms with E-state index in [1.165, 1.54) is 0 Å². The van der Waals surface area contributed by atoms with Gasteiger partial charge in [-0.05, 0) is 17.7 Å². The lowest BCUT2D eigenvalue weighted by Gasteiger charge is -2.11. The molecule has 6 nitrogen and oxygen atoms in total. The average molecular weight is 285 g/mol. The first-order valence-electron chi connectivity index (χ1n) is 6.65. The molecule has 0 aliphatic rings. The number of rotatable bonds is 5. The van der Waals surface area contributed by atoms with Crippen molar-refractivity contribution in [1.82, 2.24) is 20.6 Å². The van der Waals surface area contributed by atoms with E-state index in [1.807, 2.05) is 30.3 Å². The highest BCUT2D eigenvalue weighted by Crippen LogP contribution is 2.06. The van der Waals surface area contributed by atoms with E-state index in [0.717, 1.165) is 17.2 Å². The van der Waals surface area contributed by atoms with Crippen molar-refractivity contribution in [1.29, 1.82) is 0 Å². The zero-order chi connectivity index (χ0) is 14.9. The molecule has 110 valence electrons. The molecule has 21 heavy (non-hydrogen) atoms. The van der Waals surface area contributed by atoms with Crippen LogP contribution in [0.1, 0.15) is 11.3 Å². The lowest BCUT2D eigenvalue weighted by atomic mass is 10.3. The molecule has 6 heteroatoms. The van der Waals surface area contributed by atoms with Crippen LogP contribution in [0, 0.1) is 0 Å². The fourth-order valence-electron chi connectivity index (χ4n) is 1.72. The third-order valence-corrected chi connectivity index (χ3v) is 2.85. The molecule has 2 aromatic rings. The number of guanidine groups is 1. The van der Waals surface area contributed by atoms with Crippen molar-refractivity contribution in [3.05, 3.63) is 54.0 Å². The fraction of sp³-hybridized carbons (Fsp3) is 0.267. The highest BCUT2D eigenvalue weighted by atomic mass is 16.5. The Morgan fingerprint density at radius 3 is 2.62 bits per heavy atom. The minimum absolute atomic E-state index is 0.608. The highest BCUT2D eigenvalue weighted by Gasteiger charge is 2.00. The molecule has 0 atom stereocenters. The normalized spacial score (nSPS) is 11.0. The van der Waals surface area contributed by atoms with E-state index in [0.29, 0.717) is 19.0 Å². The first-order chi connectivity index (χ1) is 10.3. The second-order valence-corrected chi connectivity index (χ2v) is 4.31. The first-order valence-corrected chi connectivity index (χ1v) is 6.65. The summed E-state index contributed by atoms with van der Waals surface area (Å²) in [5.41, 5.74) is 2.02. The Bertz CT molecular complexity index is 568. The minimum atomic E-state index is 0.608. The maximum absolute atomic E-state index is 5.03. The van der Waals surface area contributed by atoms with Crippen LogP contribution < -0.4 is 15.4 Å². The Morgan fingerprint density at radius 1 is 1.14 bits per heavy atom. The van der Waals surface area contributed by atoms with E-state index < -0.39 is 0 Å². The van der Waals surface area contributed by atoms with E-state index in [4.69, 9.17) is 4.74 Å². The molecule has 0 bridgehead atoms. The molecule has 2 N–H and O–H groups in total. The van der Waals surface area contributed by atoms with Crippen LogP contribution in [0.4, 0.5) is 0 Å². The quantitative estimate of drug-likeness (QED) is 0.641. The summed E-state index contributed by atoms with van der Waals surface area (Å²) >= 11 is 0. The van der Waals surface area contributed by atoms with Crippen molar-refractivity contribution in [2.24, 2.45) is 4.99 Å². The van der Waals surface area contributed by atoms with Crippen LogP contribution in [0.3, 0.4) is 0 Å². The number of aliphatic imine (C=N–C) groups is 1. The zero-order valence-electron chi connectivity index (χ0n) is 12.2. The zero-order valence-corrected chi connectivity index (χ0v) is 12.2. The molecule has 0 spiro atoms. The van der Waals surface area contributed by atoms with Gasteiger partial charge in [-0.25, -0.2) is 4.98 Å². The van der Waals surface area contributed by atoms with Crippen molar-refractivity contribution in [2.75, 3.05) is 14.2 Å². The Morgan fingerprint density at radius 2 is 2.00 bits per heavy atom. The van der Waals surface area contributed by atoms with Crippen LogP contribution in [-0.4, -0.2) is 30.1 Å². The van der Waals surface area contributed by atoms with Crippen LogP contribution in [0.2, 0.25) is 0 Å². The van der Waals surface area contributed by atoms with Crippen LogP contribution in [-0.2, 0) is 13.1 Å². The molecule has 0 aliphatic carbocycles. The summed E-state index contributed by atoms with van der Waals surface area (Å²) in [6.07, 6.45) is 3.55. The summed E-state index contributed by atoms with van der Waals surface area (Å²) in [6, 6.07) is 9.62. The van der Waals surface area contributed by atoms with Crippen molar-refractivity contribution in [2.45, 2.75) is 13.1 Å². The van der Waals surface area contributed by atoms with Crippen LogP contribution in [0.5, 0.6) is 5.88 Å². The van der Waals surface area contributed by atoms with Gasteiger partial charge in [0, 0.05) is 32.1 Å². The summed E-state index contributed by atoms with van der Waals surface area (Å²) in [5, 5.41) is 6.43. The maximum atomic E-state index is 5.03. The van der Waals surface area contributed by atoms with Crippen molar-refractivity contribution in [3.63, 3.8) is 0 Å². The summed E-state index contributed by atoms with van der Waals surface area (Å²) < 4.78 is 5.03. The largest absolute Gasteiger partial charge is 0.481 e. The van der Waals surface area contributed by atoms with E-state index in [-0.39, 0.29) is 0 Å². The van der Waals surface area contributed by atoms with Gasteiger partial charge in [0.1, 0.15) is 0 Å². The van der Waals surface area contributed by atoms with Crippen molar-refractivity contribution >= 4 is 5.96 Å². The lowest BCUT2D eigenvalue weighted by Crippen LogP contribution is -2.36. The number of nitrogens with one attached hydrogen (secondary N) is 2. The molecule has 0 fully saturated rings. The van der Waals surface area contributed by atoms with E-state index in [2.05, 4.69) is 25.6 Å². The third kappa shape index (κ3) is 4.76. The Kier molecular flexibility index (Phi) is 5.51. The smallest absolute Gasteiger partial charge is 0.212 e. The fourth-order valence-corrected chi connectivity index (χ4v) is 1.72. The molecule has 2 heterocycles. The predicted octanol–water partition coefficient (Wildman–Crippen LogP) is 1.35. The molecule has 0 aromatic carbocycles. The Labute approximate surface area is 124 Å². The molecular weight excluding hydrogens is 266 g/mol. The summed E-state index contributed by atoms with van der Waals surface area (Å²) in [7, 11) is 3.34. The maximum Gasteiger partial charge on any atom is 0.212 e. The summed E-state index contributed by atoms with van der Waals surface area (Å²) in [4.78, 5) is 12.6. The average Bonchev–Trinajstić information content (AvgIpc) is 2.56. The number of nitrogens with zero attached hydrogens (tertiary/aromatic N) is 3. The number of ether oxygens (including phenoxy) is 1. The second kappa shape index (κ2) is 7.84. The molecular formula is C15H19N5O. The monoisotopic (exact) mass is 285 g/mol. The molecule has 0 saturated carbocycles. The molecule has 2 aromatic heterocycles. The SMILES string of the molecule is CN=C(NCc1ccc(OC)nc1)NCc1ccccn1. The van der Waals surface area contributed by atoms with Gasteiger partial charge in [-0.1, -0.05) is 12.1 Å². The van der Waals surface area contributed by atoms with Gasteiger partial charge < -0.3 is 15.4 Å². The number of hydrogen-bond donors (Lipinski definition) is 2. The third-order valence-electron chi connectivity index (χ3n) is 2.85. The predicted molar refractivity (Wildman–Crippen MR) is 82.1 cm³/mol. The number of methoxy groups -OCH3 is 1. The summed E-state index contributed by atoms with van der Waals surface area (Å²) in [5.74, 6) is 1.33. The molecule has 2 rings (SSSR count). The number of aromatic nitrogens is 2. The number of hydrogen-bond acceptors (Lipinski definition) is 4. The van der Waals surface area contributed by atoms with Gasteiger partial charge in [0.25, 0.3) is 0 Å². The van der Waals surface area contributed by atoms with Crippen LogP contribution in [0.15, 0.2) is 47.7 Å². The highest BCUT2D eigenvalue weighted by molar-refractivity contribution is 5.79. The molecule has 0 amide bonds. The van der Waals surface area contributed by atoms with Crippen molar-refractivity contribution in [3.8, 4) is 5.88 Å². The topological polar surface area (TPSA) is 71.4 Å².